The smallest absolute Gasteiger partial charge is 0.339 e. The number of aromatic nitrogens is 1. The Labute approximate surface area is 165 Å². The number of fused-ring (bicyclic) bond motifs is 2. The fourth-order valence-corrected chi connectivity index (χ4v) is 4.20. The molecule has 0 aliphatic carbocycles. The lowest BCUT2D eigenvalue weighted by atomic mass is 9.98. The van der Waals surface area contributed by atoms with Crippen molar-refractivity contribution >= 4 is 28.3 Å². The first-order valence-corrected chi connectivity index (χ1v) is 9.87. The molecule has 1 amide bonds. The summed E-state index contributed by atoms with van der Waals surface area (Å²) in [4.78, 5) is 29.2. The second-order valence-electron chi connectivity index (χ2n) is 6.70. The highest BCUT2D eigenvalue weighted by atomic mass is 32.1. The third kappa shape index (κ3) is 3.03. The van der Waals surface area contributed by atoms with E-state index in [-0.39, 0.29) is 5.91 Å². The Balaban J connectivity index is 1.31. The number of amides is 1. The maximum atomic E-state index is 12.6. The number of carbonyl (C=O) groups excluding carboxylic acids is 2. The lowest BCUT2D eigenvalue weighted by molar-refractivity contribution is -0.125. The maximum Gasteiger partial charge on any atom is 0.339 e. The molecule has 2 aliphatic rings. The summed E-state index contributed by atoms with van der Waals surface area (Å²) in [7, 11) is 0. The predicted octanol–water partition coefficient (Wildman–Crippen LogP) is 3.47. The van der Waals surface area contributed by atoms with E-state index in [4.69, 9.17) is 9.47 Å². The van der Waals surface area contributed by atoms with Gasteiger partial charge in [0.15, 0.2) is 11.2 Å². The number of thiazole rings is 1. The van der Waals surface area contributed by atoms with Gasteiger partial charge in [-0.1, -0.05) is 18.2 Å². The van der Waals surface area contributed by atoms with Gasteiger partial charge in [-0.25, -0.2) is 9.78 Å². The topological polar surface area (TPSA) is 77.5 Å². The Morgan fingerprint density at radius 3 is 3.00 bits per heavy atom. The van der Waals surface area contributed by atoms with Gasteiger partial charge in [0, 0.05) is 23.8 Å². The van der Waals surface area contributed by atoms with Gasteiger partial charge in [-0.05, 0) is 35.4 Å². The molecule has 5 rings (SSSR count). The van der Waals surface area contributed by atoms with Crippen molar-refractivity contribution in [3.8, 4) is 17.0 Å². The van der Waals surface area contributed by atoms with Crippen LogP contribution in [0.15, 0.2) is 47.8 Å². The van der Waals surface area contributed by atoms with Crippen molar-refractivity contribution in [3.05, 3.63) is 64.5 Å². The summed E-state index contributed by atoms with van der Waals surface area (Å²) in [6, 6.07) is 13.2. The Morgan fingerprint density at radius 2 is 2.07 bits per heavy atom. The average Bonchev–Trinajstić information content (AvgIpc) is 3.36. The van der Waals surface area contributed by atoms with Gasteiger partial charge in [-0.15, -0.1) is 11.3 Å². The molecule has 0 radical (unpaired) electrons. The minimum atomic E-state index is -0.855. The van der Waals surface area contributed by atoms with Gasteiger partial charge < -0.3 is 9.47 Å². The van der Waals surface area contributed by atoms with E-state index in [1.807, 2.05) is 29.6 Å². The standard InChI is InChI=1S/C21H16N2O4S/c24-19(18-10-12-3-1-2-4-15(12)20(25)27-18)23-21-22-16(11-28-21)13-5-6-17-14(9-13)7-8-26-17/h1-6,9,11,18H,7-8,10H2,(H,22,23,24)/t18-/m1/s1. The zero-order valence-corrected chi connectivity index (χ0v) is 15.6. The summed E-state index contributed by atoms with van der Waals surface area (Å²) in [6.07, 6.45) is 0.397. The van der Waals surface area contributed by atoms with Gasteiger partial charge in [-0.3, -0.25) is 10.1 Å². The minimum Gasteiger partial charge on any atom is -0.493 e. The van der Waals surface area contributed by atoms with Gasteiger partial charge in [0.25, 0.3) is 5.91 Å². The van der Waals surface area contributed by atoms with Crippen LogP contribution in [0.4, 0.5) is 5.13 Å². The van der Waals surface area contributed by atoms with Crippen LogP contribution in [0.5, 0.6) is 5.75 Å². The molecule has 1 atom stereocenters. The van der Waals surface area contributed by atoms with Crippen LogP contribution in [0.2, 0.25) is 0 Å². The number of ether oxygens (including phenoxy) is 2. The third-order valence-electron chi connectivity index (χ3n) is 4.90. The van der Waals surface area contributed by atoms with E-state index in [2.05, 4.69) is 16.4 Å². The van der Waals surface area contributed by atoms with Gasteiger partial charge in [-0.2, -0.15) is 0 Å². The molecule has 140 valence electrons. The number of carbonyl (C=O) groups is 2. The summed E-state index contributed by atoms with van der Waals surface area (Å²) in [5.74, 6) is 0.0835. The summed E-state index contributed by atoms with van der Waals surface area (Å²) < 4.78 is 10.8. The molecule has 1 aromatic heterocycles. The fourth-order valence-electron chi connectivity index (χ4n) is 3.47. The number of benzene rings is 2. The second-order valence-corrected chi connectivity index (χ2v) is 7.56. The molecular formula is C21H16N2O4S. The van der Waals surface area contributed by atoms with Gasteiger partial charge in [0.05, 0.1) is 17.9 Å². The van der Waals surface area contributed by atoms with Crippen LogP contribution < -0.4 is 10.1 Å². The molecule has 7 heteroatoms. The van der Waals surface area contributed by atoms with Crippen LogP contribution in [0.1, 0.15) is 21.5 Å². The molecular weight excluding hydrogens is 376 g/mol. The first kappa shape index (κ1) is 16.9. The number of esters is 1. The van der Waals surface area contributed by atoms with E-state index in [0.717, 1.165) is 29.0 Å². The summed E-state index contributed by atoms with van der Waals surface area (Å²) in [5.41, 5.74) is 4.28. The van der Waals surface area contributed by atoms with E-state index < -0.39 is 12.1 Å². The number of nitrogens with one attached hydrogen (secondary N) is 1. The molecule has 0 fully saturated rings. The van der Waals surface area contributed by atoms with Crippen molar-refractivity contribution < 1.29 is 19.1 Å². The number of rotatable bonds is 3. The molecule has 2 aliphatic heterocycles. The van der Waals surface area contributed by atoms with Crippen LogP contribution in [-0.2, 0) is 22.4 Å². The monoisotopic (exact) mass is 392 g/mol. The lowest BCUT2D eigenvalue weighted by Gasteiger charge is -2.23. The average molecular weight is 392 g/mol. The summed E-state index contributed by atoms with van der Waals surface area (Å²) >= 11 is 1.34. The van der Waals surface area contributed by atoms with Gasteiger partial charge in [0.2, 0.25) is 0 Å². The molecule has 0 saturated carbocycles. The normalized spacial score (nSPS) is 17.3. The van der Waals surface area contributed by atoms with Crippen molar-refractivity contribution in [2.24, 2.45) is 0 Å². The zero-order chi connectivity index (χ0) is 19.1. The Morgan fingerprint density at radius 1 is 1.18 bits per heavy atom. The van der Waals surface area contributed by atoms with E-state index in [1.54, 1.807) is 12.1 Å². The van der Waals surface area contributed by atoms with Crippen molar-refractivity contribution in [1.82, 2.24) is 4.98 Å². The quantitative estimate of drug-likeness (QED) is 0.691. The number of hydrogen-bond donors (Lipinski definition) is 1. The largest absolute Gasteiger partial charge is 0.493 e. The van der Waals surface area contributed by atoms with E-state index in [9.17, 15) is 9.59 Å². The van der Waals surface area contributed by atoms with Crippen molar-refractivity contribution in [2.45, 2.75) is 18.9 Å². The molecule has 28 heavy (non-hydrogen) atoms. The Bertz CT molecular complexity index is 1090. The van der Waals surface area contributed by atoms with Crippen LogP contribution in [0.25, 0.3) is 11.3 Å². The summed E-state index contributed by atoms with van der Waals surface area (Å²) in [6.45, 7) is 0.709. The second kappa shape index (κ2) is 6.76. The first-order valence-electron chi connectivity index (χ1n) is 8.99. The van der Waals surface area contributed by atoms with E-state index in [1.165, 1.54) is 16.9 Å². The van der Waals surface area contributed by atoms with Gasteiger partial charge >= 0.3 is 5.97 Å². The fraction of sp³-hybridized carbons (Fsp3) is 0.190. The molecule has 3 heterocycles. The van der Waals surface area contributed by atoms with Crippen molar-refractivity contribution in [3.63, 3.8) is 0 Å². The molecule has 0 bridgehead atoms. The van der Waals surface area contributed by atoms with Crippen LogP contribution in [0, 0.1) is 0 Å². The Hall–Kier alpha value is -3.19. The van der Waals surface area contributed by atoms with Crippen LogP contribution in [0.3, 0.4) is 0 Å². The Kier molecular flexibility index (Phi) is 4.09. The first-order chi connectivity index (χ1) is 13.7. The van der Waals surface area contributed by atoms with E-state index >= 15 is 0 Å². The number of hydrogen-bond acceptors (Lipinski definition) is 6. The number of nitrogens with zero attached hydrogens (tertiary/aromatic N) is 1. The molecule has 3 aromatic rings. The van der Waals surface area contributed by atoms with Crippen molar-refractivity contribution in [1.29, 1.82) is 0 Å². The SMILES string of the molecule is O=C1O[C@@H](C(=O)Nc2nc(-c3ccc4c(c3)CCO4)cs2)Cc2ccccc21. The lowest BCUT2D eigenvalue weighted by Crippen LogP contribution is -2.37. The van der Waals surface area contributed by atoms with Crippen molar-refractivity contribution in [2.75, 3.05) is 11.9 Å². The molecule has 0 unspecified atom stereocenters. The van der Waals surface area contributed by atoms with Crippen LogP contribution in [-0.4, -0.2) is 29.6 Å². The third-order valence-corrected chi connectivity index (χ3v) is 5.66. The summed E-state index contributed by atoms with van der Waals surface area (Å²) in [5, 5.41) is 5.15. The number of anilines is 1. The number of cyclic esters (lactones) is 1. The highest BCUT2D eigenvalue weighted by Crippen LogP contribution is 2.32. The zero-order valence-electron chi connectivity index (χ0n) is 14.8. The molecule has 2 aromatic carbocycles. The predicted molar refractivity (Wildman–Crippen MR) is 105 cm³/mol. The highest BCUT2D eigenvalue weighted by Gasteiger charge is 2.31. The highest BCUT2D eigenvalue weighted by molar-refractivity contribution is 7.14. The minimum absolute atomic E-state index is 0.358. The van der Waals surface area contributed by atoms with Crippen LogP contribution >= 0.6 is 11.3 Å². The molecule has 1 N–H and O–H groups in total. The molecule has 0 saturated heterocycles. The maximum absolute atomic E-state index is 12.6. The van der Waals surface area contributed by atoms with E-state index in [0.29, 0.717) is 23.7 Å². The molecule has 6 nitrogen and oxygen atoms in total. The molecule has 0 spiro atoms. The van der Waals surface area contributed by atoms with Gasteiger partial charge in [0.1, 0.15) is 5.75 Å².